The number of primary amides is 1. The molecule has 0 spiro atoms. The molecule has 1 radical (unpaired) electrons. The van der Waals surface area contributed by atoms with Crippen LogP contribution >= 0.6 is 28.3 Å². The van der Waals surface area contributed by atoms with Crippen LogP contribution in [0, 0.1) is 5.82 Å². The van der Waals surface area contributed by atoms with Gasteiger partial charge in [-0.2, -0.15) is 0 Å². The molecule has 7 heterocycles. The normalized spacial score (nSPS) is 13.7. The van der Waals surface area contributed by atoms with Crippen LogP contribution in [0.2, 0.25) is 0 Å². The summed E-state index contributed by atoms with van der Waals surface area (Å²) < 4.78 is 19.9. The Bertz CT molecular complexity index is 2440. The number of hydrogen-bond acceptors (Lipinski definition) is 18. The summed E-state index contributed by atoms with van der Waals surface area (Å²) >= 11 is 3.09. The molecule has 11 N–H and O–H groups in total. The molecule has 19 nitrogen and oxygen atoms in total. The predicted molar refractivity (Wildman–Crippen MR) is 239 cm³/mol. The van der Waals surface area contributed by atoms with Crippen molar-refractivity contribution in [2.45, 2.75) is 37.8 Å². The molecule has 0 aromatic carbocycles. The second kappa shape index (κ2) is 24.9. The van der Waals surface area contributed by atoms with Gasteiger partial charge in [-0.25, -0.2) is 39.3 Å². The van der Waals surface area contributed by atoms with E-state index in [1.54, 1.807) is 98.4 Å². The number of anilines is 5. The molecule has 7 aromatic heterocycles. The third kappa shape index (κ3) is 15.2. The highest BCUT2D eigenvalue weighted by molar-refractivity contribution is 9.10. The Labute approximate surface area is 370 Å². The van der Waals surface area contributed by atoms with Crippen LogP contribution in [-0.4, -0.2) is 80.5 Å². The van der Waals surface area contributed by atoms with Crippen molar-refractivity contribution in [2.75, 3.05) is 22.1 Å². The maximum atomic E-state index is 14.7. The van der Waals surface area contributed by atoms with Crippen LogP contribution < -0.4 is 38.2 Å². The zero-order valence-corrected chi connectivity index (χ0v) is 35.1. The molecule has 62 heavy (non-hydrogen) atoms. The van der Waals surface area contributed by atoms with E-state index < -0.39 is 11.7 Å². The Kier molecular flexibility index (Phi) is 19.2. The highest BCUT2D eigenvalue weighted by Crippen LogP contribution is 2.28. The van der Waals surface area contributed by atoms with Crippen LogP contribution in [0.25, 0.3) is 22.8 Å². The number of nitrogens with two attached hydrogens (primary N) is 4. The number of aromatic nitrogens is 10. The molecule has 7 aromatic rings. The minimum absolute atomic E-state index is 0. The first-order chi connectivity index (χ1) is 29.6. The van der Waals surface area contributed by atoms with E-state index in [4.69, 9.17) is 28.0 Å². The topological polar surface area (TPSA) is 304 Å². The average molecular weight is 927 g/mol. The largest absolute Gasteiger partial charge is 0.569 e. The number of amides is 1. The molecule has 0 unspecified atom stereocenters. The summed E-state index contributed by atoms with van der Waals surface area (Å²) in [6.45, 7) is 0. The summed E-state index contributed by atoms with van der Waals surface area (Å²) in [4.78, 5) is 52.2. The number of pyridine rings is 4. The molecule has 1 saturated carbocycles. The Hall–Kier alpha value is -7.01. The van der Waals surface area contributed by atoms with Crippen LogP contribution in [-0.2, 0) is 0 Å². The van der Waals surface area contributed by atoms with Crippen molar-refractivity contribution < 1.29 is 18.9 Å². The van der Waals surface area contributed by atoms with Gasteiger partial charge in [-0.05, 0) is 65.2 Å². The summed E-state index contributed by atoms with van der Waals surface area (Å²) in [5.74, 6) is 0.227. The molecule has 319 valence electrons. The SMILES string of the molecule is Brc1ncccn1.Cl.NC(=O)c1cc(F)c(N[C@@H]2CCCC[C@@H]2N)nc1Nc1cncc(-c2ncccn2)c1.Nc1cncc(-c2ncccn2)c1.Nc1cncc(O[B]O)c1. The molecule has 8 rings (SSSR count). The van der Waals surface area contributed by atoms with Crippen LogP contribution in [0.5, 0.6) is 5.75 Å². The van der Waals surface area contributed by atoms with Gasteiger partial charge in [0.05, 0.1) is 41.2 Å². The fourth-order valence-corrected chi connectivity index (χ4v) is 5.71. The average Bonchev–Trinajstić information content (AvgIpc) is 3.27. The predicted octanol–water partition coefficient (Wildman–Crippen LogP) is 4.95. The highest BCUT2D eigenvalue weighted by atomic mass is 79.9. The molecule has 2 atom stereocenters. The molecule has 1 fully saturated rings. The van der Waals surface area contributed by atoms with E-state index in [0.717, 1.165) is 37.3 Å². The maximum Gasteiger partial charge on any atom is 0.569 e. The Balaban J connectivity index is 0.000000221. The number of carbonyl (C=O) groups excluding carboxylic acids is 1. The molecule has 0 bridgehead atoms. The molecule has 0 aliphatic heterocycles. The summed E-state index contributed by atoms with van der Waals surface area (Å²) in [5, 5.41) is 14.3. The number of nitrogens with zero attached hydrogens (tertiary/aromatic N) is 10. The first-order valence-electron chi connectivity index (χ1n) is 18.3. The van der Waals surface area contributed by atoms with E-state index in [-0.39, 0.29) is 41.7 Å². The van der Waals surface area contributed by atoms with Crippen LogP contribution in [0.4, 0.5) is 33.1 Å². The van der Waals surface area contributed by atoms with E-state index in [0.29, 0.717) is 52.4 Å². The molecule has 0 saturated heterocycles. The van der Waals surface area contributed by atoms with E-state index in [1.165, 1.54) is 12.4 Å². The first kappa shape index (κ1) is 47.7. The molecule has 1 aliphatic carbocycles. The van der Waals surface area contributed by atoms with E-state index in [9.17, 15) is 9.18 Å². The van der Waals surface area contributed by atoms with Crippen molar-refractivity contribution in [1.82, 2.24) is 49.8 Å². The van der Waals surface area contributed by atoms with Crippen molar-refractivity contribution >= 4 is 70.6 Å². The van der Waals surface area contributed by atoms with Crippen molar-refractivity contribution in [3.05, 3.63) is 133 Å². The third-order valence-corrected chi connectivity index (χ3v) is 8.66. The molecular formula is C39H41BBrClFN16O3. The molecular weight excluding hydrogens is 886 g/mol. The van der Waals surface area contributed by atoms with Crippen molar-refractivity contribution in [3.63, 3.8) is 0 Å². The summed E-state index contributed by atoms with van der Waals surface area (Å²) in [6.07, 6.45) is 23.1. The van der Waals surface area contributed by atoms with Gasteiger partial charge in [0.25, 0.3) is 5.91 Å². The first-order valence-corrected chi connectivity index (χ1v) is 19.1. The lowest BCUT2D eigenvalue weighted by Gasteiger charge is -2.30. The highest BCUT2D eigenvalue weighted by Gasteiger charge is 2.24. The molecule has 23 heteroatoms. The lowest BCUT2D eigenvalue weighted by atomic mass is 9.91. The Morgan fingerprint density at radius 3 is 1.84 bits per heavy atom. The van der Waals surface area contributed by atoms with Gasteiger partial charge in [-0.1, -0.05) is 12.8 Å². The number of halogens is 3. The number of carbonyl (C=O) groups is 1. The lowest BCUT2D eigenvalue weighted by molar-refractivity contribution is 0.100. The molecule has 1 aliphatic rings. The zero-order chi connectivity index (χ0) is 43.4. The molecule has 1 amide bonds. The fourth-order valence-electron chi connectivity index (χ4n) is 5.47. The Morgan fingerprint density at radius 2 is 1.31 bits per heavy atom. The van der Waals surface area contributed by atoms with Gasteiger partial charge in [0.1, 0.15) is 11.6 Å². The minimum atomic E-state index is -0.801. The summed E-state index contributed by atoms with van der Waals surface area (Å²) in [7, 11) is 0.580. The minimum Gasteiger partial charge on any atom is -0.536 e. The number of nitrogen functional groups attached to an aromatic ring is 2. The van der Waals surface area contributed by atoms with Gasteiger partial charge in [0.2, 0.25) is 0 Å². The quantitative estimate of drug-likeness (QED) is 0.0744. The van der Waals surface area contributed by atoms with Crippen molar-refractivity contribution in [2.24, 2.45) is 11.5 Å². The monoisotopic (exact) mass is 925 g/mol. The zero-order valence-electron chi connectivity index (χ0n) is 32.7. The summed E-state index contributed by atoms with van der Waals surface area (Å²) in [5.41, 5.74) is 25.6. The van der Waals surface area contributed by atoms with Gasteiger partial charge in [-0.3, -0.25) is 19.7 Å². The van der Waals surface area contributed by atoms with E-state index >= 15 is 0 Å². The second-order valence-corrected chi connectivity index (χ2v) is 13.4. The van der Waals surface area contributed by atoms with Gasteiger partial charge in [0.15, 0.2) is 28.0 Å². The van der Waals surface area contributed by atoms with Crippen LogP contribution in [0.15, 0.2) is 122 Å². The summed E-state index contributed by atoms with van der Waals surface area (Å²) in [6, 6.07) is 11.2. The smallest absolute Gasteiger partial charge is 0.536 e. The second-order valence-electron chi connectivity index (χ2n) is 12.7. The maximum absolute atomic E-state index is 14.7. The lowest BCUT2D eigenvalue weighted by Crippen LogP contribution is -2.43. The van der Waals surface area contributed by atoms with Gasteiger partial charge >= 0.3 is 7.69 Å². The van der Waals surface area contributed by atoms with Gasteiger partial charge in [-0.15, -0.1) is 12.4 Å². The van der Waals surface area contributed by atoms with E-state index in [1.807, 2.05) is 0 Å². The van der Waals surface area contributed by atoms with Gasteiger partial charge < -0.3 is 43.2 Å². The fraction of sp³-hybridized carbons (Fsp3) is 0.154. The van der Waals surface area contributed by atoms with Crippen LogP contribution in [0.1, 0.15) is 36.0 Å². The van der Waals surface area contributed by atoms with Crippen molar-refractivity contribution in [3.8, 4) is 28.5 Å². The van der Waals surface area contributed by atoms with E-state index in [2.05, 4.69) is 81.1 Å². The number of hydrogen-bond donors (Lipinski definition) is 7. The number of rotatable bonds is 9. The third-order valence-electron chi connectivity index (χ3n) is 8.25. The Morgan fingerprint density at radius 1 is 0.758 bits per heavy atom. The van der Waals surface area contributed by atoms with Crippen LogP contribution in [0.3, 0.4) is 0 Å². The number of nitrogens with one attached hydrogen (secondary N) is 2. The standard InChI is InChI=1S/C21H23FN8O.C9H8N4.C5H6BN2O2.C4H3BrN2.ClH/c22-15-9-14(18(24)31)20(30-21(15)29-17-5-2-1-4-16(17)23)28-13-8-12(10-25-11-13)19-26-6-3-7-27-19;10-8-4-7(5-11-6-8)9-12-2-1-3-13-9;7-4-1-5(10-6-9)3-8-2-4;5-4-6-2-1-3-7-4;/h3,6-11,16-17H,1-2,4-5,23H2,(H2,24,31)(H2,28,29,30);1-6H,10H2;1-3,9H,7H2;1-3H;1H/t16-,17+;;;;/m0..../s1. The van der Waals surface area contributed by atoms with Crippen molar-refractivity contribution in [1.29, 1.82) is 0 Å². The van der Waals surface area contributed by atoms with Gasteiger partial charge in [0, 0.05) is 85.0 Å².